The third kappa shape index (κ3) is 2.59. The van der Waals surface area contributed by atoms with Gasteiger partial charge in [-0.2, -0.15) is 0 Å². The van der Waals surface area contributed by atoms with Crippen LogP contribution in [0.2, 0.25) is 0 Å². The minimum Gasteiger partial charge on any atom is -0.396 e. The summed E-state index contributed by atoms with van der Waals surface area (Å²) >= 11 is 1.29. The molecule has 0 saturated carbocycles. The molecule has 0 aliphatic rings. The van der Waals surface area contributed by atoms with E-state index in [1.807, 2.05) is 0 Å². The molecule has 0 bridgehead atoms. The van der Waals surface area contributed by atoms with E-state index in [1.54, 1.807) is 12.4 Å². The normalized spacial score (nSPS) is 10.7. The number of unbranched alkanes of at least 4 members (excludes halogenated alkanes) is 2. The molecule has 3 N–H and O–H groups in total. The Bertz CT molecular complexity index is 552. The fourth-order valence-electron chi connectivity index (χ4n) is 1.67. The average molecular weight is 264 g/mol. The first-order chi connectivity index (χ1) is 8.74. The van der Waals surface area contributed by atoms with Gasteiger partial charge in [-0.25, -0.2) is 9.97 Å². The van der Waals surface area contributed by atoms with Gasteiger partial charge >= 0.3 is 0 Å². The number of anilines is 1. The van der Waals surface area contributed by atoms with Crippen molar-refractivity contribution < 1.29 is 4.79 Å². The van der Waals surface area contributed by atoms with Crippen LogP contribution in [0, 0.1) is 0 Å². The third-order valence-electron chi connectivity index (χ3n) is 2.64. The first kappa shape index (κ1) is 12.8. The van der Waals surface area contributed by atoms with Gasteiger partial charge in [-0.3, -0.25) is 4.79 Å². The van der Waals surface area contributed by atoms with E-state index in [0.717, 1.165) is 19.3 Å². The van der Waals surface area contributed by atoms with E-state index in [9.17, 15) is 4.79 Å². The molecule has 96 valence electrons. The number of carbonyl (C=O) groups is 1. The Balaban J connectivity index is 2.10. The molecule has 2 aromatic rings. The zero-order chi connectivity index (χ0) is 13.0. The van der Waals surface area contributed by atoms with Crippen molar-refractivity contribution in [2.45, 2.75) is 26.2 Å². The van der Waals surface area contributed by atoms with Crippen LogP contribution in [-0.2, 0) is 0 Å². The van der Waals surface area contributed by atoms with Crippen LogP contribution in [0.15, 0.2) is 12.4 Å². The van der Waals surface area contributed by atoms with E-state index in [4.69, 9.17) is 5.73 Å². The Hall–Kier alpha value is -1.69. The van der Waals surface area contributed by atoms with Gasteiger partial charge in [0.1, 0.15) is 15.2 Å². The quantitative estimate of drug-likeness (QED) is 0.811. The van der Waals surface area contributed by atoms with Crippen LogP contribution >= 0.6 is 11.3 Å². The van der Waals surface area contributed by atoms with E-state index < -0.39 is 0 Å². The van der Waals surface area contributed by atoms with Gasteiger partial charge in [0.2, 0.25) is 0 Å². The highest BCUT2D eigenvalue weighted by atomic mass is 32.1. The summed E-state index contributed by atoms with van der Waals surface area (Å²) in [5.74, 6) is -0.131. The molecule has 0 aromatic carbocycles. The van der Waals surface area contributed by atoms with Crippen LogP contribution in [0.5, 0.6) is 0 Å². The molecule has 1 amide bonds. The lowest BCUT2D eigenvalue weighted by Gasteiger charge is -2.03. The van der Waals surface area contributed by atoms with Gasteiger partial charge in [0.15, 0.2) is 0 Å². The SMILES string of the molecule is CCCCCNC(=O)c1sc2nccnc2c1N. The Labute approximate surface area is 109 Å². The summed E-state index contributed by atoms with van der Waals surface area (Å²) in [4.78, 5) is 21.5. The number of nitrogens with zero attached hydrogens (tertiary/aromatic N) is 2. The molecule has 2 heterocycles. The van der Waals surface area contributed by atoms with E-state index in [0.29, 0.717) is 27.5 Å². The maximum atomic E-state index is 12.0. The number of amides is 1. The van der Waals surface area contributed by atoms with Crippen molar-refractivity contribution in [3.05, 3.63) is 17.3 Å². The minimum absolute atomic E-state index is 0.131. The van der Waals surface area contributed by atoms with Crippen LogP contribution in [0.4, 0.5) is 5.69 Å². The fraction of sp³-hybridized carbons (Fsp3) is 0.417. The summed E-state index contributed by atoms with van der Waals surface area (Å²) in [7, 11) is 0. The predicted molar refractivity (Wildman–Crippen MR) is 73.7 cm³/mol. The lowest BCUT2D eigenvalue weighted by molar-refractivity contribution is 0.0958. The third-order valence-corrected chi connectivity index (χ3v) is 3.74. The summed E-state index contributed by atoms with van der Waals surface area (Å²) in [6.45, 7) is 2.81. The number of hydrogen-bond acceptors (Lipinski definition) is 5. The van der Waals surface area contributed by atoms with Crippen molar-refractivity contribution in [2.75, 3.05) is 12.3 Å². The molecule has 0 spiro atoms. The minimum atomic E-state index is -0.131. The maximum Gasteiger partial charge on any atom is 0.263 e. The van der Waals surface area contributed by atoms with Gasteiger partial charge in [-0.1, -0.05) is 19.8 Å². The van der Waals surface area contributed by atoms with Gasteiger partial charge in [0.25, 0.3) is 5.91 Å². The fourth-order valence-corrected chi connectivity index (χ4v) is 2.61. The molecule has 0 atom stereocenters. The Kier molecular flexibility index (Phi) is 4.09. The zero-order valence-electron chi connectivity index (χ0n) is 10.3. The molecule has 18 heavy (non-hydrogen) atoms. The smallest absolute Gasteiger partial charge is 0.263 e. The van der Waals surface area contributed by atoms with Crippen molar-refractivity contribution in [3.63, 3.8) is 0 Å². The molecule has 0 fully saturated rings. The van der Waals surface area contributed by atoms with E-state index in [1.165, 1.54) is 11.3 Å². The largest absolute Gasteiger partial charge is 0.396 e. The molecular weight excluding hydrogens is 248 g/mol. The highest BCUT2D eigenvalue weighted by Crippen LogP contribution is 2.30. The molecule has 0 aliphatic heterocycles. The van der Waals surface area contributed by atoms with Crippen LogP contribution < -0.4 is 11.1 Å². The molecule has 0 unspecified atom stereocenters. The zero-order valence-corrected chi connectivity index (χ0v) is 11.1. The molecule has 0 saturated heterocycles. The Morgan fingerprint density at radius 2 is 2.17 bits per heavy atom. The number of fused-ring (bicyclic) bond motifs is 1. The van der Waals surface area contributed by atoms with Gasteiger partial charge in [0, 0.05) is 18.9 Å². The highest BCUT2D eigenvalue weighted by molar-refractivity contribution is 7.21. The van der Waals surface area contributed by atoms with Crippen molar-refractivity contribution in [1.82, 2.24) is 15.3 Å². The van der Waals surface area contributed by atoms with E-state index >= 15 is 0 Å². The maximum absolute atomic E-state index is 12.0. The summed E-state index contributed by atoms with van der Waals surface area (Å²) in [5.41, 5.74) is 6.96. The predicted octanol–water partition coefficient (Wildman–Crippen LogP) is 2.19. The molecule has 6 heteroatoms. The number of nitrogen functional groups attached to an aromatic ring is 1. The number of carbonyl (C=O) groups excluding carboxylic acids is 1. The van der Waals surface area contributed by atoms with Crippen LogP contribution in [0.25, 0.3) is 10.3 Å². The Morgan fingerprint density at radius 3 is 2.89 bits per heavy atom. The average Bonchev–Trinajstić information content (AvgIpc) is 2.73. The first-order valence-corrected chi connectivity index (χ1v) is 6.83. The standard InChI is InChI=1S/C12H16N4OS/c1-2-3-4-5-15-11(17)10-8(13)9-12(18-10)16-7-6-14-9/h6-7H,2-5,13H2,1H3,(H,15,17). The van der Waals surface area contributed by atoms with Crippen molar-refractivity contribution >= 4 is 33.3 Å². The second kappa shape index (κ2) is 5.77. The van der Waals surface area contributed by atoms with E-state index in [-0.39, 0.29) is 5.91 Å². The molecule has 0 aliphatic carbocycles. The number of thiophene rings is 1. The molecular formula is C12H16N4OS. The lowest BCUT2D eigenvalue weighted by atomic mass is 10.2. The molecule has 0 radical (unpaired) electrons. The first-order valence-electron chi connectivity index (χ1n) is 6.01. The van der Waals surface area contributed by atoms with Crippen LogP contribution in [0.1, 0.15) is 35.9 Å². The van der Waals surface area contributed by atoms with Crippen LogP contribution in [-0.4, -0.2) is 22.4 Å². The Morgan fingerprint density at radius 1 is 1.39 bits per heavy atom. The molecule has 5 nitrogen and oxygen atoms in total. The number of rotatable bonds is 5. The van der Waals surface area contributed by atoms with Gasteiger partial charge in [-0.15, -0.1) is 11.3 Å². The van der Waals surface area contributed by atoms with Gasteiger partial charge in [0.05, 0.1) is 5.69 Å². The van der Waals surface area contributed by atoms with Crippen LogP contribution in [0.3, 0.4) is 0 Å². The summed E-state index contributed by atoms with van der Waals surface area (Å²) in [6, 6.07) is 0. The number of nitrogens with two attached hydrogens (primary N) is 1. The van der Waals surface area contributed by atoms with Gasteiger partial charge < -0.3 is 11.1 Å². The highest BCUT2D eigenvalue weighted by Gasteiger charge is 2.17. The monoisotopic (exact) mass is 264 g/mol. The topological polar surface area (TPSA) is 80.9 Å². The lowest BCUT2D eigenvalue weighted by Crippen LogP contribution is -2.24. The molecule has 2 aromatic heterocycles. The second-order valence-electron chi connectivity index (χ2n) is 4.02. The van der Waals surface area contributed by atoms with Crippen molar-refractivity contribution in [3.8, 4) is 0 Å². The summed E-state index contributed by atoms with van der Waals surface area (Å²) < 4.78 is 0. The number of nitrogens with one attached hydrogen (secondary N) is 1. The second-order valence-corrected chi connectivity index (χ2v) is 5.02. The number of aromatic nitrogens is 2. The van der Waals surface area contributed by atoms with Crippen molar-refractivity contribution in [2.24, 2.45) is 0 Å². The summed E-state index contributed by atoms with van der Waals surface area (Å²) in [6.07, 6.45) is 6.42. The van der Waals surface area contributed by atoms with Gasteiger partial charge in [-0.05, 0) is 6.42 Å². The van der Waals surface area contributed by atoms with E-state index in [2.05, 4.69) is 22.2 Å². The number of hydrogen-bond donors (Lipinski definition) is 2. The van der Waals surface area contributed by atoms with Crippen molar-refractivity contribution in [1.29, 1.82) is 0 Å². The summed E-state index contributed by atoms with van der Waals surface area (Å²) in [5, 5.41) is 2.87. The molecule has 2 rings (SSSR count).